The van der Waals surface area contributed by atoms with Crippen LogP contribution in [-0.4, -0.2) is 26.6 Å². The second-order valence-electron chi connectivity index (χ2n) is 4.20. The van der Waals surface area contributed by atoms with E-state index in [4.69, 9.17) is 0 Å². The number of hydrogen-bond donors (Lipinski definition) is 1. The molecule has 5 heteroatoms. The number of nitrogens with zero attached hydrogens (tertiary/aromatic N) is 1. The highest BCUT2D eigenvalue weighted by Crippen LogP contribution is 2.24. The van der Waals surface area contributed by atoms with Gasteiger partial charge in [0.15, 0.2) is 0 Å². The Bertz CT molecular complexity index is 369. The van der Waals surface area contributed by atoms with Crippen molar-refractivity contribution in [2.75, 3.05) is 25.0 Å². The zero-order valence-electron chi connectivity index (χ0n) is 10.7. The minimum Gasteiger partial charge on any atom is -0.366 e. The summed E-state index contributed by atoms with van der Waals surface area (Å²) in [5.74, 6) is -0.464. The molecule has 18 heavy (non-hydrogen) atoms. The third-order valence-electron chi connectivity index (χ3n) is 2.61. The van der Waals surface area contributed by atoms with Gasteiger partial charge in [0, 0.05) is 13.6 Å². The first-order valence-electron chi connectivity index (χ1n) is 6.03. The molecule has 0 aliphatic heterocycles. The lowest BCUT2D eigenvalue weighted by Gasteiger charge is -2.22. The summed E-state index contributed by atoms with van der Waals surface area (Å²) in [6.07, 6.45) is -1.51. The average Bonchev–Trinajstić information content (AvgIpc) is 2.28. The molecular weight excluding hydrogens is 241 g/mol. The fourth-order valence-electron chi connectivity index (χ4n) is 1.83. The molecule has 0 fully saturated rings. The van der Waals surface area contributed by atoms with E-state index < -0.39 is 18.8 Å². The van der Waals surface area contributed by atoms with Crippen LogP contribution in [0.15, 0.2) is 18.2 Å². The van der Waals surface area contributed by atoms with Crippen molar-refractivity contribution < 1.29 is 13.2 Å². The molecule has 102 valence electrons. The Morgan fingerprint density at radius 1 is 1.33 bits per heavy atom. The molecule has 0 unspecified atom stereocenters. The molecule has 1 rings (SSSR count). The van der Waals surface area contributed by atoms with Crippen molar-refractivity contribution in [3.05, 3.63) is 29.6 Å². The van der Waals surface area contributed by atoms with Gasteiger partial charge in [-0.1, -0.05) is 19.1 Å². The molecule has 0 aromatic heterocycles. The Balaban J connectivity index is 2.85. The van der Waals surface area contributed by atoms with Crippen molar-refractivity contribution in [1.82, 2.24) is 5.32 Å². The van der Waals surface area contributed by atoms with Crippen molar-refractivity contribution >= 4 is 5.69 Å². The van der Waals surface area contributed by atoms with Crippen LogP contribution < -0.4 is 10.2 Å². The Labute approximate surface area is 106 Å². The SMILES string of the molecule is CCCNCc1cccc(F)c1N(C)CC(F)F. The first-order valence-corrected chi connectivity index (χ1v) is 6.03. The summed E-state index contributed by atoms with van der Waals surface area (Å²) in [4.78, 5) is 1.27. The normalized spacial score (nSPS) is 11.0. The summed E-state index contributed by atoms with van der Waals surface area (Å²) in [5.41, 5.74) is 0.952. The summed E-state index contributed by atoms with van der Waals surface area (Å²) in [5, 5.41) is 3.15. The van der Waals surface area contributed by atoms with Crippen molar-refractivity contribution in [3.63, 3.8) is 0 Å². The third kappa shape index (κ3) is 4.22. The summed E-state index contributed by atoms with van der Waals surface area (Å²) >= 11 is 0. The van der Waals surface area contributed by atoms with Crippen molar-refractivity contribution in [2.45, 2.75) is 26.3 Å². The van der Waals surface area contributed by atoms with E-state index in [1.54, 1.807) is 12.1 Å². The minimum atomic E-state index is -2.48. The van der Waals surface area contributed by atoms with Crippen molar-refractivity contribution in [2.24, 2.45) is 0 Å². The lowest BCUT2D eigenvalue weighted by molar-refractivity contribution is 0.156. The van der Waals surface area contributed by atoms with Gasteiger partial charge >= 0.3 is 0 Å². The van der Waals surface area contributed by atoms with Crippen molar-refractivity contribution in [3.8, 4) is 0 Å². The molecule has 0 spiro atoms. The summed E-state index contributed by atoms with van der Waals surface area (Å²) in [6.45, 7) is 2.85. The van der Waals surface area contributed by atoms with Gasteiger partial charge < -0.3 is 10.2 Å². The molecule has 1 aromatic carbocycles. The standard InChI is InChI=1S/C13H19F3N2/c1-3-7-17-8-10-5-4-6-11(14)13(10)18(2)9-12(15)16/h4-6,12,17H,3,7-9H2,1-2H3. The molecule has 0 radical (unpaired) electrons. The Kier molecular flexibility index (Phi) is 5.98. The predicted molar refractivity (Wildman–Crippen MR) is 67.7 cm³/mol. The van der Waals surface area contributed by atoms with E-state index in [-0.39, 0.29) is 5.69 Å². The number of nitrogens with one attached hydrogen (secondary N) is 1. The largest absolute Gasteiger partial charge is 0.366 e. The first kappa shape index (κ1) is 14.8. The molecule has 1 N–H and O–H groups in total. The van der Waals surface area contributed by atoms with Crippen LogP contribution in [0, 0.1) is 5.82 Å². The van der Waals surface area contributed by atoms with E-state index in [2.05, 4.69) is 5.32 Å². The monoisotopic (exact) mass is 260 g/mol. The molecular formula is C13H19F3N2. The Morgan fingerprint density at radius 2 is 2.06 bits per heavy atom. The quantitative estimate of drug-likeness (QED) is 0.758. The number of benzene rings is 1. The highest BCUT2D eigenvalue weighted by Gasteiger charge is 2.15. The second kappa shape index (κ2) is 7.26. The maximum atomic E-state index is 13.7. The highest BCUT2D eigenvalue weighted by atomic mass is 19.3. The summed E-state index contributed by atoms with van der Waals surface area (Å²) < 4.78 is 38.5. The van der Waals surface area contributed by atoms with Crippen LogP contribution in [0.2, 0.25) is 0 Å². The van der Waals surface area contributed by atoms with Gasteiger partial charge in [-0.25, -0.2) is 13.2 Å². The van der Waals surface area contributed by atoms with Gasteiger partial charge in [0.05, 0.1) is 12.2 Å². The van der Waals surface area contributed by atoms with E-state index in [1.165, 1.54) is 18.0 Å². The van der Waals surface area contributed by atoms with Crippen LogP contribution in [0.1, 0.15) is 18.9 Å². The molecule has 0 aliphatic carbocycles. The molecule has 1 aromatic rings. The maximum absolute atomic E-state index is 13.7. The molecule has 0 bridgehead atoms. The average molecular weight is 260 g/mol. The van der Waals surface area contributed by atoms with Crippen LogP contribution >= 0.6 is 0 Å². The van der Waals surface area contributed by atoms with Crippen LogP contribution in [0.25, 0.3) is 0 Å². The van der Waals surface area contributed by atoms with Crippen LogP contribution in [-0.2, 0) is 6.54 Å². The first-order chi connectivity index (χ1) is 8.56. The smallest absolute Gasteiger partial charge is 0.255 e. The second-order valence-corrected chi connectivity index (χ2v) is 4.20. The molecule has 0 saturated heterocycles. The number of hydrogen-bond acceptors (Lipinski definition) is 2. The molecule has 2 nitrogen and oxygen atoms in total. The molecule has 0 saturated carbocycles. The number of alkyl halides is 2. The summed E-state index contributed by atoms with van der Waals surface area (Å²) in [7, 11) is 1.48. The van der Waals surface area contributed by atoms with Gasteiger partial charge in [0.25, 0.3) is 6.43 Å². The van der Waals surface area contributed by atoms with Crippen LogP contribution in [0.3, 0.4) is 0 Å². The molecule has 0 amide bonds. The van der Waals surface area contributed by atoms with Gasteiger partial charge in [-0.05, 0) is 24.6 Å². The zero-order valence-corrected chi connectivity index (χ0v) is 10.7. The van der Waals surface area contributed by atoms with Gasteiger partial charge in [-0.2, -0.15) is 0 Å². The predicted octanol–water partition coefficient (Wildman–Crippen LogP) is 3.03. The fraction of sp³-hybridized carbons (Fsp3) is 0.538. The van der Waals surface area contributed by atoms with E-state index >= 15 is 0 Å². The van der Waals surface area contributed by atoms with Crippen LogP contribution in [0.4, 0.5) is 18.9 Å². The van der Waals surface area contributed by atoms with Gasteiger partial charge in [0.1, 0.15) is 5.82 Å². The number of halogens is 3. The molecule has 0 aliphatic rings. The van der Waals surface area contributed by atoms with Crippen LogP contribution in [0.5, 0.6) is 0 Å². The molecule has 0 atom stereocenters. The maximum Gasteiger partial charge on any atom is 0.255 e. The highest BCUT2D eigenvalue weighted by molar-refractivity contribution is 5.54. The lowest BCUT2D eigenvalue weighted by atomic mass is 10.1. The topological polar surface area (TPSA) is 15.3 Å². The van der Waals surface area contributed by atoms with Gasteiger partial charge in [-0.15, -0.1) is 0 Å². The van der Waals surface area contributed by atoms with Gasteiger partial charge in [0.2, 0.25) is 0 Å². The zero-order chi connectivity index (χ0) is 13.5. The number of para-hydroxylation sites is 1. The Morgan fingerprint density at radius 3 is 2.67 bits per heavy atom. The van der Waals surface area contributed by atoms with E-state index in [0.29, 0.717) is 12.1 Å². The third-order valence-corrected chi connectivity index (χ3v) is 2.61. The van der Waals surface area contributed by atoms with Gasteiger partial charge in [-0.3, -0.25) is 0 Å². The lowest BCUT2D eigenvalue weighted by Crippen LogP contribution is -2.27. The Hall–Kier alpha value is -1.23. The van der Waals surface area contributed by atoms with E-state index in [9.17, 15) is 13.2 Å². The van der Waals surface area contributed by atoms with E-state index in [1.807, 2.05) is 6.92 Å². The minimum absolute atomic E-state index is 0.251. The summed E-state index contributed by atoms with van der Waals surface area (Å²) in [6, 6.07) is 4.64. The molecule has 0 heterocycles. The number of rotatable bonds is 7. The van der Waals surface area contributed by atoms with E-state index in [0.717, 1.165) is 13.0 Å². The fourth-order valence-corrected chi connectivity index (χ4v) is 1.83. The van der Waals surface area contributed by atoms with Crippen molar-refractivity contribution in [1.29, 1.82) is 0 Å². The number of anilines is 1.